The van der Waals surface area contributed by atoms with Gasteiger partial charge in [0.1, 0.15) is 11.1 Å². The topological polar surface area (TPSA) is 57.6 Å². The van der Waals surface area contributed by atoms with Gasteiger partial charge in [-0.2, -0.15) is 0 Å². The Morgan fingerprint density at radius 1 is 0.394 bits per heavy atom. The third kappa shape index (κ3) is 5.43. The molecule has 10 aromatic rings. The molecule has 0 bridgehead atoms. The Labute approximate surface area is 413 Å². The van der Waals surface area contributed by atoms with E-state index in [-0.39, 0.29) is 0 Å². The number of aromatic nitrogens is 4. The van der Waals surface area contributed by atoms with Crippen molar-refractivity contribution in [2.75, 3.05) is 7.05 Å². The van der Waals surface area contributed by atoms with Crippen LogP contribution < -0.4 is 0 Å². The molecule has 4 aliphatic rings. The Bertz CT molecular complexity index is 3850. The second kappa shape index (κ2) is 15.3. The van der Waals surface area contributed by atoms with Gasteiger partial charge in [0, 0.05) is 52.6 Å². The summed E-state index contributed by atoms with van der Waals surface area (Å²) in [5.41, 5.74) is 20.8. The fourth-order valence-electron chi connectivity index (χ4n) is 13.0. The second-order valence-corrected chi connectivity index (χ2v) is 19.3. The molecule has 0 saturated carbocycles. The van der Waals surface area contributed by atoms with Gasteiger partial charge < -0.3 is 0 Å². The first-order chi connectivity index (χ1) is 34.9. The molecule has 1 aliphatic heterocycles. The Hall–Kier alpha value is -8.96. The maximum absolute atomic E-state index is 5.44. The van der Waals surface area contributed by atoms with Crippen LogP contribution in [0.25, 0.3) is 44.5 Å². The molecule has 6 nitrogen and oxygen atoms in total. The largest absolute Gasteiger partial charge is 0.490 e. The molecule has 3 aliphatic carbocycles. The summed E-state index contributed by atoms with van der Waals surface area (Å²) in [6.07, 6.45) is 12.0. The monoisotopic (exact) mass is 910 g/mol. The van der Waals surface area contributed by atoms with Crippen LogP contribution in [0.1, 0.15) is 72.8 Å². The quantitative estimate of drug-likeness (QED) is 0.150. The summed E-state index contributed by atoms with van der Waals surface area (Å²) in [5, 5.41) is 0. The molecule has 0 amide bonds. The zero-order valence-electron chi connectivity index (χ0n) is 39.5. The Morgan fingerprint density at radius 3 is 1.49 bits per heavy atom. The van der Waals surface area contributed by atoms with Crippen molar-refractivity contribution < 1.29 is 9.15 Å². The molecule has 0 spiro atoms. The van der Waals surface area contributed by atoms with E-state index in [0.717, 1.165) is 89.5 Å². The zero-order valence-corrected chi connectivity index (χ0v) is 39.5. The summed E-state index contributed by atoms with van der Waals surface area (Å²) >= 11 is 0. The van der Waals surface area contributed by atoms with E-state index in [2.05, 4.69) is 219 Å². The SMILES string of the molecule is Cc1cccc(C)c1-c1ccnc(C2(c3cccc(C4(c5cccc(C6([N+]7=C=[N+](C)C=C7)c7ccccc7-c7cccnc76)c5)c5ccccc5-c5cccnc54)c3)c3ccccc3-c3cccnc32)c1. The molecule has 0 fully saturated rings. The van der Waals surface area contributed by atoms with Gasteiger partial charge in [-0.05, 0) is 117 Å². The minimum atomic E-state index is -0.878. The predicted molar refractivity (Wildman–Crippen MR) is 279 cm³/mol. The summed E-state index contributed by atoms with van der Waals surface area (Å²) in [7, 11) is 2.03. The second-order valence-electron chi connectivity index (χ2n) is 19.3. The van der Waals surface area contributed by atoms with Gasteiger partial charge in [-0.15, -0.1) is 0 Å². The number of rotatable bonds is 7. The standard InChI is InChI=1S/C65H46N6/c1-42-16-10-17-43(2)59(42)44-31-35-66-58(38-44)64(56-29-8-5-23-50(56)53-26-14-33-68-61(53)64)47-20-11-18-45(39-47)63(55-28-7-4-22-49(55)52-25-13-32-67-60(52)63)46-19-12-21-48(40-46)65(71-37-36-70(3)41-71)57-30-9-6-24-51(57)54-27-15-34-69-62(54)65/h4-40H,1-3H3/q+2. The normalized spacial score (nSPS) is 19.5. The van der Waals surface area contributed by atoms with Crippen LogP contribution in [0, 0.1) is 13.8 Å². The van der Waals surface area contributed by atoms with Crippen LogP contribution in [0.3, 0.4) is 0 Å². The van der Waals surface area contributed by atoms with E-state index in [1.54, 1.807) is 0 Å². The zero-order chi connectivity index (χ0) is 47.5. The fourth-order valence-corrected chi connectivity index (χ4v) is 13.0. The molecule has 0 saturated heterocycles. The van der Waals surface area contributed by atoms with Gasteiger partial charge in [-0.25, -0.2) is 0 Å². The number of fused-ring (bicyclic) bond motifs is 9. The molecule has 3 atom stereocenters. The highest BCUT2D eigenvalue weighted by Crippen LogP contribution is 2.60. The molecule has 6 aromatic carbocycles. The number of hydrogen-bond acceptors (Lipinski definition) is 4. The highest BCUT2D eigenvalue weighted by atomic mass is 15.2. The lowest BCUT2D eigenvalue weighted by atomic mass is 9.65. The van der Waals surface area contributed by atoms with Crippen LogP contribution in [0.4, 0.5) is 0 Å². The molecule has 5 heterocycles. The Morgan fingerprint density at radius 2 is 0.873 bits per heavy atom. The van der Waals surface area contributed by atoms with Crippen LogP contribution in [0.2, 0.25) is 0 Å². The molecule has 6 heteroatoms. The summed E-state index contributed by atoms with van der Waals surface area (Å²) in [5.74, 6) is 0. The minimum absolute atomic E-state index is 0.836. The van der Waals surface area contributed by atoms with Gasteiger partial charge in [-0.3, -0.25) is 19.9 Å². The maximum atomic E-state index is 5.44. The number of pyridine rings is 4. The number of nitrogens with zero attached hydrogens (tertiary/aromatic N) is 6. The molecule has 0 radical (unpaired) electrons. The molecule has 4 aromatic heterocycles. The van der Waals surface area contributed by atoms with Crippen LogP contribution in [0.5, 0.6) is 0 Å². The van der Waals surface area contributed by atoms with Crippen molar-refractivity contribution in [3.8, 4) is 44.5 Å². The first-order valence-corrected chi connectivity index (χ1v) is 24.3. The lowest BCUT2D eigenvalue weighted by Gasteiger charge is -2.36. The third-order valence-electron chi connectivity index (χ3n) is 15.7. The van der Waals surface area contributed by atoms with Crippen molar-refractivity contribution in [3.05, 3.63) is 298 Å². The number of hydrogen-bond donors (Lipinski definition) is 0. The molecule has 334 valence electrons. The molecule has 14 rings (SSSR count). The van der Waals surface area contributed by atoms with E-state index in [9.17, 15) is 0 Å². The first kappa shape index (κ1) is 41.1. The Kier molecular flexibility index (Phi) is 8.83. The summed E-state index contributed by atoms with van der Waals surface area (Å²) < 4.78 is 4.21. The van der Waals surface area contributed by atoms with Crippen molar-refractivity contribution in [2.45, 2.75) is 30.2 Å². The van der Waals surface area contributed by atoms with Crippen LogP contribution >= 0.6 is 0 Å². The van der Waals surface area contributed by atoms with Gasteiger partial charge in [-0.1, -0.05) is 161 Å². The summed E-state index contributed by atoms with van der Waals surface area (Å²) in [6.45, 7) is 4.39. The van der Waals surface area contributed by atoms with E-state index in [1.807, 2.05) is 42.5 Å². The van der Waals surface area contributed by atoms with Crippen molar-refractivity contribution >= 4 is 6.01 Å². The van der Waals surface area contributed by atoms with Gasteiger partial charge >= 0.3 is 6.01 Å². The average Bonchev–Trinajstić information content (AvgIpc) is 4.17. The van der Waals surface area contributed by atoms with Gasteiger partial charge in [0.15, 0.2) is 7.05 Å². The van der Waals surface area contributed by atoms with Crippen LogP contribution in [-0.4, -0.2) is 42.1 Å². The first-order valence-electron chi connectivity index (χ1n) is 24.3. The molecule has 71 heavy (non-hydrogen) atoms. The predicted octanol–water partition coefficient (Wildman–Crippen LogP) is 12.9. The number of aryl methyl sites for hydroxylation is 2. The average molecular weight is 911 g/mol. The lowest BCUT2D eigenvalue weighted by molar-refractivity contribution is -0.534. The van der Waals surface area contributed by atoms with E-state index in [4.69, 9.17) is 19.9 Å². The van der Waals surface area contributed by atoms with Crippen molar-refractivity contribution in [1.82, 2.24) is 19.9 Å². The van der Waals surface area contributed by atoms with Crippen molar-refractivity contribution in [3.63, 3.8) is 0 Å². The van der Waals surface area contributed by atoms with E-state index in [0.29, 0.717) is 0 Å². The minimum Gasteiger partial charge on any atom is -0.260 e. The van der Waals surface area contributed by atoms with Crippen LogP contribution in [0.15, 0.2) is 225 Å². The third-order valence-corrected chi connectivity index (χ3v) is 15.7. The fraction of sp³-hybridized carbons (Fsp3) is 0.0923. The van der Waals surface area contributed by atoms with E-state index in [1.165, 1.54) is 27.8 Å². The van der Waals surface area contributed by atoms with Gasteiger partial charge in [0.2, 0.25) is 12.4 Å². The van der Waals surface area contributed by atoms with Crippen molar-refractivity contribution in [2.24, 2.45) is 0 Å². The summed E-state index contributed by atoms with van der Waals surface area (Å²) in [6, 6.07) is 72.4. The molecule has 3 unspecified atom stereocenters. The van der Waals surface area contributed by atoms with Gasteiger partial charge in [0.25, 0.3) is 5.54 Å². The lowest BCUT2D eigenvalue weighted by Crippen LogP contribution is -2.39. The highest BCUT2D eigenvalue weighted by molar-refractivity contribution is 5.88. The highest BCUT2D eigenvalue weighted by Gasteiger charge is 2.58. The summed E-state index contributed by atoms with van der Waals surface area (Å²) in [4.78, 5) is 21.4. The van der Waals surface area contributed by atoms with Crippen molar-refractivity contribution in [1.29, 1.82) is 0 Å². The molecular formula is C65H46N6+2. The number of benzene rings is 6. The Balaban J connectivity index is 1.08. The maximum Gasteiger partial charge on any atom is 0.490 e. The van der Waals surface area contributed by atoms with Crippen LogP contribution in [-0.2, 0) is 16.4 Å². The smallest absolute Gasteiger partial charge is 0.260 e. The molecule has 0 N–H and O–H groups in total. The van der Waals surface area contributed by atoms with E-state index >= 15 is 0 Å². The molecular weight excluding hydrogens is 865 g/mol. The van der Waals surface area contributed by atoms with Gasteiger partial charge in [0.05, 0.1) is 22.5 Å². The van der Waals surface area contributed by atoms with E-state index < -0.39 is 16.4 Å².